The van der Waals surface area contributed by atoms with E-state index < -0.39 is 13.7 Å². The molecule has 0 N–H and O–H groups in total. The summed E-state index contributed by atoms with van der Waals surface area (Å²) in [5, 5.41) is 0. The first-order valence-corrected chi connectivity index (χ1v) is 8.27. The van der Waals surface area contributed by atoms with E-state index in [9.17, 15) is 9.36 Å². The highest BCUT2D eigenvalue weighted by Crippen LogP contribution is 2.30. The summed E-state index contributed by atoms with van der Waals surface area (Å²) in [7, 11) is -2.97. The second kappa shape index (κ2) is 6.80. The molecule has 0 aliphatic rings. The fraction of sp³-hybridized carbons (Fsp3) is 0.235. The van der Waals surface area contributed by atoms with E-state index in [0.29, 0.717) is 11.5 Å². The second-order valence-corrected chi connectivity index (χ2v) is 7.05. The molecule has 22 heavy (non-hydrogen) atoms. The third-order valence-corrected chi connectivity index (χ3v) is 3.91. The van der Waals surface area contributed by atoms with Crippen LogP contribution in [0.4, 0.5) is 4.79 Å². The van der Waals surface area contributed by atoms with Crippen LogP contribution in [0, 0.1) is 0 Å². The molecule has 0 saturated heterocycles. The molecule has 0 aliphatic heterocycles. The Bertz CT molecular complexity index is 657. The lowest BCUT2D eigenvalue weighted by Crippen LogP contribution is -2.10. The monoisotopic (exact) mass is 318 g/mol. The van der Waals surface area contributed by atoms with Crippen LogP contribution in [0.15, 0.2) is 54.6 Å². The van der Waals surface area contributed by atoms with Crippen LogP contribution in [-0.4, -0.2) is 5.71 Å². The maximum atomic E-state index is 11.8. The van der Waals surface area contributed by atoms with Gasteiger partial charge in [-0.1, -0.05) is 51.1 Å². The number of rotatable bonds is 4. The van der Waals surface area contributed by atoms with Crippen LogP contribution in [0.25, 0.3) is 0 Å². The molecule has 4 nitrogen and oxygen atoms in total. The molecule has 2 aromatic carbocycles. The first kappa shape index (κ1) is 16.3. The van der Waals surface area contributed by atoms with Gasteiger partial charge in [-0.25, -0.2) is 4.79 Å². The predicted molar refractivity (Wildman–Crippen MR) is 87.2 cm³/mol. The molecule has 0 spiro atoms. The number of carbonyl (C=O) groups is 1. The Morgan fingerprint density at radius 1 is 0.909 bits per heavy atom. The Labute approximate surface area is 130 Å². The Kier molecular flexibility index (Phi) is 5.04. The molecular formula is C17H19O4P. The number of hydrogen-bond acceptors (Lipinski definition) is 4. The molecule has 0 aliphatic carbocycles. The van der Waals surface area contributed by atoms with Gasteiger partial charge in [-0.2, -0.15) is 0 Å². The molecule has 0 saturated carbocycles. The van der Waals surface area contributed by atoms with Gasteiger partial charge < -0.3 is 9.26 Å². The number of benzene rings is 2. The first-order valence-electron chi connectivity index (χ1n) is 6.96. The third-order valence-electron chi connectivity index (χ3n) is 3.05. The zero-order valence-electron chi connectivity index (χ0n) is 12.8. The van der Waals surface area contributed by atoms with Crippen LogP contribution in [0.1, 0.15) is 26.3 Å². The van der Waals surface area contributed by atoms with Crippen LogP contribution in [0.5, 0.6) is 11.5 Å². The van der Waals surface area contributed by atoms with Crippen molar-refractivity contribution in [2.24, 2.45) is 0 Å². The molecular weight excluding hydrogens is 299 g/mol. The van der Waals surface area contributed by atoms with Crippen LogP contribution in [0.2, 0.25) is 0 Å². The molecule has 0 aromatic heterocycles. The average Bonchev–Trinajstić information content (AvgIpc) is 2.48. The highest BCUT2D eigenvalue weighted by molar-refractivity contribution is 7.58. The lowest BCUT2D eigenvalue weighted by Gasteiger charge is -2.18. The van der Waals surface area contributed by atoms with Gasteiger partial charge in [0.25, 0.3) is 0 Å². The lowest BCUT2D eigenvalue weighted by atomic mass is 9.87. The molecule has 0 bridgehead atoms. The van der Waals surface area contributed by atoms with Crippen LogP contribution < -0.4 is 9.26 Å². The van der Waals surface area contributed by atoms with Gasteiger partial charge >= 0.3 is 13.7 Å². The number of ether oxygens (including phenoxy) is 1. The summed E-state index contributed by atoms with van der Waals surface area (Å²) < 4.78 is 22.0. The Balaban J connectivity index is 1.98. The smallest absolute Gasteiger partial charge is 0.406 e. The zero-order valence-corrected chi connectivity index (χ0v) is 13.8. The van der Waals surface area contributed by atoms with E-state index in [1.54, 1.807) is 42.5 Å². The maximum absolute atomic E-state index is 11.8. The molecule has 116 valence electrons. The van der Waals surface area contributed by atoms with E-state index in [-0.39, 0.29) is 5.41 Å². The first-order chi connectivity index (χ1) is 10.4. The fourth-order valence-electron chi connectivity index (χ4n) is 1.81. The van der Waals surface area contributed by atoms with E-state index in [0.717, 1.165) is 5.56 Å². The molecule has 2 aromatic rings. The van der Waals surface area contributed by atoms with E-state index in [4.69, 9.17) is 9.26 Å². The van der Waals surface area contributed by atoms with E-state index in [1.165, 1.54) is 0 Å². The average molecular weight is 318 g/mol. The summed E-state index contributed by atoms with van der Waals surface area (Å²) >= 11 is 0. The van der Waals surface area contributed by atoms with Gasteiger partial charge in [0, 0.05) is 0 Å². The lowest BCUT2D eigenvalue weighted by molar-refractivity contribution is 0.222. The van der Waals surface area contributed by atoms with Crippen molar-refractivity contribution < 1.29 is 18.6 Å². The summed E-state index contributed by atoms with van der Waals surface area (Å²) in [5.74, 6) is 0.736. The number of hydrogen-bond donors (Lipinski definition) is 0. The van der Waals surface area contributed by atoms with Gasteiger partial charge in [0.1, 0.15) is 11.5 Å². The van der Waals surface area contributed by atoms with Crippen molar-refractivity contribution in [2.75, 3.05) is 0 Å². The molecule has 0 amide bonds. The minimum Gasteiger partial charge on any atom is -0.438 e. The van der Waals surface area contributed by atoms with E-state index in [2.05, 4.69) is 20.8 Å². The minimum absolute atomic E-state index is 0.0203. The largest absolute Gasteiger partial charge is 0.438 e. The molecule has 0 heterocycles. The SMILES string of the molecule is CC(C)(C)c1ccc(OC(=O)[PH](=O)Oc2ccccc2)cc1. The van der Waals surface area contributed by atoms with Crippen LogP contribution in [-0.2, 0) is 9.98 Å². The Hall–Kier alpha value is -2.06. The van der Waals surface area contributed by atoms with Crippen molar-refractivity contribution in [3.63, 3.8) is 0 Å². The van der Waals surface area contributed by atoms with Crippen molar-refractivity contribution in [3.05, 3.63) is 60.2 Å². The second-order valence-electron chi connectivity index (χ2n) is 5.87. The van der Waals surface area contributed by atoms with Gasteiger partial charge in [-0.3, -0.25) is 4.57 Å². The van der Waals surface area contributed by atoms with Gasteiger partial charge in [-0.15, -0.1) is 0 Å². The quantitative estimate of drug-likeness (QED) is 0.741. The summed E-state index contributed by atoms with van der Waals surface area (Å²) in [4.78, 5) is 11.8. The minimum atomic E-state index is -2.97. The fourth-order valence-corrected chi connectivity index (χ4v) is 2.44. The maximum Gasteiger partial charge on any atom is 0.406 e. The zero-order chi connectivity index (χ0) is 16.2. The highest BCUT2D eigenvalue weighted by Gasteiger charge is 2.17. The third kappa shape index (κ3) is 4.47. The van der Waals surface area contributed by atoms with Crippen molar-refractivity contribution >= 4 is 13.7 Å². The summed E-state index contributed by atoms with van der Waals surface area (Å²) in [6, 6.07) is 15.7. The Morgan fingerprint density at radius 3 is 2.05 bits per heavy atom. The standard InChI is InChI=1S/C17H19O4P/c1-17(2,3)13-9-11-14(12-10-13)20-16(18)22(19)21-15-7-5-4-6-8-15/h4-12,22H,1-3H3. The number of para-hydroxylation sites is 1. The van der Waals surface area contributed by atoms with E-state index >= 15 is 0 Å². The molecule has 5 heteroatoms. The van der Waals surface area contributed by atoms with Crippen LogP contribution >= 0.6 is 8.03 Å². The van der Waals surface area contributed by atoms with Crippen molar-refractivity contribution in [1.29, 1.82) is 0 Å². The van der Waals surface area contributed by atoms with Crippen molar-refractivity contribution in [2.45, 2.75) is 26.2 Å². The highest BCUT2D eigenvalue weighted by atomic mass is 31.1. The van der Waals surface area contributed by atoms with Gasteiger partial charge in [-0.05, 0) is 35.2 Å². The topological polar surface area (TPSA) is 52.6 Å². The summed E-state index contributed by atoms with van der Waals surface area (Å²) in [6.45, 7) is 6.29. The van der Waals surface area contributed by atoms with Crippen molar-refractivity contribution in [1.82, 2.24) is 0 Å². The number of carbonyl (C=O) groups excluding carboxylic acids is 1. The molecule has 1 atom stereocenters. The molecule has 2 rings (SSSR count). The van der Waals surface area contributed by atoms with Crippen molar-refractivity contribution in [3.8, 4) is 11.5 Å². The molecule has 0 fully saturated rings. The van der Waals surface area contributed by atoms with Gasteiger partial charge in [0.05, 0.1) is 0 Å². The summed E-state index contributed by atoms with van der Waals surface area (Å²) in [6.07, 6.45) is 0. The molecule has 0 radical (unpaired) electrons. The summed E-state index contributed by atoms with van der Waals surface area (Å²) in [5.41, 5.74) is 0.282. The van der Waals surface area contributed by atoms with E-state index in [1.807, 2.05) is 12.1 Å². The van der Waals surface area contributed by atoms with Gasteiger partial charge in [0.2, 0.25) is 0 Å². The Morgan fingerprint density at radius 2 is 1.50 bits per heavy atom. The van der Waals surface area contributed by atoms with Crippen LogP contribution in [0.3, 0.4) is 0 Å². The molecule has 1 unspecified atom stereocenters. The predicted octanol–water partition coefficient (Wildman–Crippen LogP) is 5.04. The van der Waals surface area contributed by atoms with Gasteiger partial charge in [0.15, 0.2) is 0 Å². The normalized spacial score (nSPS) is 12.5.